The van der Waals surface area contributed by atoms with Gasteiger partial charge in [-0.15, -0.1) is 0 Å². The van der Waals surface area contributed by atoms with Crippen LogP contribution in [-0.4, -0.2) is 61.5 Å². The van der Waals surface area contributed by atoms with E-state index >= 15 is 0 Å². The molecular weight excluding hydrogens is 228 g/mol. The van der Waals surface area contributed by atoms with Crippen molar-refractivity contribution in [2.45, 2.75) is 63.5 Å². The number of hydrogen-bond donors (Lipinski definition) is 1. The summed E-state index contributed by atoms with van der Waals surface area (Å²) >= 11 is 0. The van der Waals surface area contributed by atoms with Crippen LogP contribution >= 0.6 is 0 Å². The van der Waals surface area contributed by atoms with Crippen molar-refractivity contribution in [3.8, 4) is 0 Å². The summed E-state index contributed by atoms with van der Waals surface area (Å²) in [7, 11) is 0. The largest absolute Gasteiger partial charge is 0.374 e. The molecule has 0 aromatic rings. The predicted molar refractivity (Wildman–Crippen MR) is 70.8 cm³/mol. The third-order valence-electron chi connectivity index (χ3n) is 4.61. The van der Waals surface area contributed by atoms with Gasteiger partial charge in [0, 0.05) is 31.7 Å². The SMILES string of the molecule is CC(C)N1CCOC(CNC2CC3CCC2O3)C1. The van der Waals surface area contributed by atoms with Gasteiger partial charge in [0.2, 0.25) is 0 Å². The summed E-state index contributed by atoms with van der Waals surface area (Å²) in [6.45, 7) is 8.51. The maximum atomic E-state index is 5.87. The van der Waals surface area contributed by atoms with Crippen LogP contribution in [0.15, 0.2) is 0 Å². The lowest BCUT2D eigenvalue weighted by Gasteiger charge is -2.36. The highest BCUT2D eigenvalue weighted by atomic mass is 16.5. The van der Waals surface area contributed by atoms with Crippen LogP contribution in [0.2, 0.25) is 0 Å². The van der Waals surface area contributed by atoms with Crippen molar-refractivity contribution in [2.24, 2.45) is 0 Å². The summed E-state index contributed by atoms with van der Waals surface area (Å²) in [5, 5.41) is 3.67. The van der Waals surface area contributed by atoms with Crippen LogP contribution in [0.5, 0.6) is 0 Å². The lowest BCUT2D eigenvalue weighted by molar-refractivity contribution is -0.0389. The topological polar surface area (TPSA) is 33.7 Å². The van der Waals surface area contributed by atoms with E-state index < -0.39 is 0 Å². The molecule has 0 spiro atoms. The Kier molecular flexibility index (Phi) is 3.89. The van der Waals surface area contributed by atoms with E-state index in [4.69, 9.17) is 9.47 Å². The number of nitrogens with one attached hydrogen (secondary N) is 1. The molecule has 1 N–H and O–H groups in total. The average molecular weight is 254 g/mol. The number of ether oxygens (including phenoxy) is 2. The quantitative estimate of drug-likeness (QED) is 0.812. The van der Waals surface area contributed by atoms with Gasteiger partial charge in [-0.3, -0.25) is 4.90 Å². The molecule has 2 bridgehead atoms. The number of morpholine rings is 1. The molecule has 4 nitrogen and oxygen atoms in total. The molecule has 0 saturated carbocycles. The maximum absolute atomic E-state index is 5.87. The van der Waals surface area contributed by atoms with Gasteiger partial charge in [-0.2, -0.15) is 0 Å². The first-order valence-electron chi connectivity index (χ1n) is 7.47. The predicted octanol–water partition coefficient (Wildman–Crippen LogP) is 1.01. The van der Waals surface area contributed by atoms with Crippen molar-refractivity contribution in [1.29, 1.82) is 0 Å². The van der Waals surface area contributed by atoms with Gasteiger partial charge in [0.1, 0.15) is 0 Å². The highest BCUT2D eigenvalue weighted by molar-refractivity contribution is 4.94. The van der Waals surface area contributed by atoms with E-state index in [-0.39, 0.29) is 0 Å². The highest BCUT2D eigenvalue weighted by Crippen LogP contribution is 2.34. The Hall–Kier alpha value is -0.160. The van der Waals surface area contributed by atoms with Crippen LogP contribution in [0.4, 0.5) is 0 Å². The van der Waals surface area contributed by atoms with Gasteiger partial charge in [0.15, 0.2) is 0 Å². The minimum Gasteiger partial charge on any atom is -0.374 e. The molecule has 0 aromatic carbocycles. The molecule has 18 heavy (non-hydrogen) atoms. The van der Waals surface area contributed by atoms with Crippen LogP contribution in [0.25, 0.3) is 0 Å². The van der Waals surface area contributed by atoms with Gasteiger partial charge in [-0.1, -0.05) is 0 Å². The first-order valence-corrected chi connectivity index (χ1v) is 7.47. The van der Waals surface area contributed by atoms with Crippen LogP contribution in [0.1, 0.15) is 33.1 Å². The third kappa shape index (κ3) is 2.72. The molecule has 3 fully saturated rings. The number of nitrogens with zero attached hydrogens (tertiary/aromatic N) is 1. The van der Waals surface area contributed by atoms with E-state index in [9.17, 15) is 0 Å². The minimum absolute atomic E-state index is 0.347. The van der Waals surface area contributed by atoms with Crippen LogP contribution < -0.4 is 5.32 Å². The summed E-state index contributed by atoms with van der Waals surface area (Å²) in [6.07, 6.45) is 5.06. The van der Waals surface area contributed by atoms with Gasteiger partial charge < -0.3 is 14.8 Å². The Morgan fingerprint density at radius 3 is 2.89 bits per heavy atom. The van der Waals surface area contributed by atoms with Gasteiger partial charge in [-0.25, -0.2) is 0 Å². The fraction of sp³-hybridized carbons (Fsp3) is 1.00. The van der Waals surface area contributed by atoms with Crippen molar-refractivity contribution in [1.82, 2.24) is 10.2 Å². The van der Waals surface area contributed by atoms with Crippen molar-refractivity contribution in [3.63, 3.8) is 0 Å². The molecule has 4 heteroatoms. The molecule has 3 rings (SSSR count). The van der Waals surface area contributed by atoms with Crippen LogP contribution in [0, 0.1) is 0 Å². The van der Waals surface area contributed by atoms with Crippen LogP contribution in [0.3, 0.4) is 0 Å². The summed E-state index contributed by atoms with van der Waals surface area (Å²) in [5.74, 6) is 0. The molecule has 0 radical (unpaired) electrons. The molecule has 0 aliphatic carbocycles. The summed E-state index contributed by atoms with van der Waals surface area (Å²) in [4.78, 5) is 2.51. The van der Waals surface area contributed by atoms with Crippen LogP contribution in [-0.2, 0) is 9.47 Å². The molecule has 0 amide bonds. The number of rotatable bonds is 4. The third-order valence-corrected chi connectivity index (χ3v) is 4.61. The molecule has 0 aromatic heterocycles. The smallest absolute Gasteiger partial charge is 0.0826 e. The summed E-state index contributed by atoms with van der Waals surface area (Å²) in [6, 6.07) is 1.20. The second-order valence-electron chi connectivity index (χ2n) is 6.21. The molecule has 3 saturated heterocycles. The van der Waals surface area contributed by atoms with E-state index in [1.165, 1.54) is 19.3 Å². The first kappa shape index (κ1) is 12.9. The standard InChI is InChI=1S/C14H26N2O2/c1-10(2)16-5-6-17-12(9-16)8-15-13-7-11-3-4-14(13)18-11/h10-15H,3-9H2,1-2H3. The fourth-order valence-corrected chi connectivity index (χ4v) is 3.47. The molecule has 4 atom stereocenters. The second-order valence-corrected chi connectivity index (χ2v) is 6.21. The number of fused-ring (bicyclic) bond motifs is 2. The minimum atomic E-state index is 0.347. The Balaban J connectivity index is 1.43. The summed E-state index contributed by atoms with van der Waals surface area (Å²) < 4.78 is 11.7. The lowest BCUT2D eigenvalue weighted by Crippen LogP contribution is -2.51. The maximum Gasteiger partial charge on any atom is 0.0826 e. The average Bonchev–Trinajstić information content (AvgIpc) is 2.99. The van der Waals surface area contributed by atoms with Crippen molar-refractivity contribution in [2.75, 3.05) is 26.2 Å². The zero-order valence-electron chi connectivity index (χ0n) is 11.6. The molecule has 3 aliphatic rings. The Morgan fingerprint density at radius 1 is 1.33 bits per heavy atom. The lowest BCUT2D eigenvalue weighted by atomic mass is 9.95. The molecule has 4 unspecified atom stereocenters. The molecule has 3 aliphatic heterocycles. The monoisotopic (exact) mass is 254 g/mol. The van der Waals surface area contributed by atoms with Crippen molar-refractivity contribution < 1.29 is 9.47 Å². The van der Waals surface area contributed by atoms with Crippen molar-refractivity contribution >= 4 is 0 Å². The molecule has 3 heterocycles. The van der Waals surface area contributed by atoms with Gasteiger partial charge in [-0.05, 0) is 33.1 Å². The number of hydrogen-bond acceptors (Lipinski definition) is 4. The van der Waals surface area contributed by atoms with Gasteiger partial charge in [0.25, 0.3) is 0 Å². The van der Waals surface area contributed by atoms with E-state index in [2.05, 4.69) is 24.1 Å². The molecular formula is C14H26N2O2. The van der Waals surface area contributed by atoms with E-state index in [0.29, 0.717) is 30.4 Å². The molecule has 104 valence electrons. The zero-order valence-corrected chi connectivity index (χ0v) is 11.6. The van der Waals surface area contributed by atoms with Crippen molar-refractivity contribution in [3.05, 3.63) is 0 Å². The fourth-order valence-electron chi connectivity index (χ4n) is 3.47. The zero-order chi connectivity index (χ0) is 12.5. The normalized spacial score (nSPS) is 40.8. The van der Waals surface area contributed by atoms with E-state index in [1.54, 1.807) is 0 Å². The highest BCUT2D eigenvalue weighted by Gasteiger charge is 2.40. The van der Waals surface area contributed by atoms with E-state index in [1.807, 2.05) is 0 Å². The summed E-state index contributed by atoms with van der Waals surface area (Å²) in [5.41, 5.74) is 0. The Bertz CT molecular complexity index is 285. The first-order chi connectivity index (χ1) is 8.72. The van der Waals surface area contributed by atoms with Gasteiger partial charge >= 0.3 is 0 Å². The van der Waals surface area contributed by atoms with Gasteiger partial charge in [0.05, 0.1) is 24.9 Å². The second kappa shape index (κ2) is 5.45. The van der Waals surface area contributed by atoms with E-state index in [0.717, 1.165) is 26.2 Å². The Labute approximate surface area is 110 Å². The Morgan fingerprint density at radius 2 is 2.22 bits per heavy atom.